The van der Waals surface area contributed by atoms with E-state index in [2.05, 4.69) is 50.3 Å². The number of rotatable bonds is 44. The van der Waals surface area contributed by atoms with E-state index in [0.717, 1.165) is 57.8 Å². The zero-order chi connectivity index (χ0) is 40.2. The number of carbonyl (C=O) groups excluding carboxylic acids is 1. The van der Waals surface area contributed by atoms with Crippen LogP contribution in [0.5, 0.6) is 0 Å². The minimum absolute atomic E-state index is 0.0960. The fourth-order valence-corrected chi connectivity index (χ4v) is 7.25. The summed E-state index contributed by atoms with van der Waals surface area (Å²) in [6.07, 6.45) is 50.4. The van der Waals surface area contributed by atoms with Gasteiger partial charge in [-0.05, 0) is 44.9 Å². The average Bonchev–Trinajstić information content (AvgIpc) is 3.17. The van der Waals surface area contributed by atoms with Gasteiger partial charge in [0.2, 0.25) is 0 Å². The van der Waals surface area contributed by atoms with Gasteiger partial charge in [-0.15, -0.1) is 0 Å². The van der Waals surface area contributed by atoms with Gasteiger partial charge < -0.3 is 20.1 Å². The minimum atomic E-state index is -4.28. The van der Waals surface area contributed by atoms with Crippen molar-refractivity contribution in [1.82, 2.24) is 0 Å². The molecule has 0 radical (unpaired) electrons. The van der Waals surface area contributed by atoms with Crippen molar-refractivity contribution >= 4 is 13.8 Å². The van der Waals surface area contributed by atoms with Crippen molar-refractivity contribution in [3.8, 4) is 0 Å². The van der Waals surface area contributed by atoms with Gasteiger partial charge in [-0.1, -0.05) is 198 Å². The zero-order valence-corrected chi connectivity index (χ0v) is 36.8. The fourth-order valence-electron chi connectivity index (χ4n) is 6.48. The summed E-state index contributed by atoms with van der Waals surface area (Å²) in [4.78, 5) is 22.4. The predicted octanol–water partition coefficient (Wildman–Crippen LogP) is 13.8. The molecule has 0 spiro atoms. The molecule has 2 unspecified atom stereocenters. The third kappa shape index (κ3) is 43.7. The highest BCUT2D eigenvalue weighted by Gasteiger charge is 2.25. The Balaban J connectivity index is 3.92. The van der Waals surface area contributed by atoms with Crippen LogP contribution in [0, 0.1) is 0 Å². The van der Waals surface area contributed by atoms with E-state index in [-0.39, 0.29) is 38.8 Å². The van der Waals surface area contributed by atoms with Crippen LogP contribution in [0.2, 0.25) is 0 Å². The quantitative estimate of drug-likeness (QED) is 0.0271. The molecular weight excluding hydrogens is 709 g/mol. The van der Waals surface area contributed by atoms with Crippen molar-refractivity contribution in [2.45, 2.75) is 219 Å². The maximum absolute atomic E-state index is 12.6. The maximum atomic E-state index is 12.6. The van der Waals surface area contributed by atoms with Crippen molar-refractivity contribution in [2.24, 2.45) is 5.73 Å². The molecule has 0 saturated carbocycles. The Labute approximate surface area is 339 Å². The molecule has 0 aliphatic rings. The second kappa shape index (κ2) is 43.8. The Morgan fingerprint density at radius 2 is 1.02 bits per heavy atom. The molecule has 324 valence electrons. The van der Waals surface area contributed by atoms with E-state index in [1.165, 1.54) is 135 Å². The molecule has 0 aromatic rings. The van der Waals surface area contributed by atoms with Crippen LogP contribution in [-0.2, 0) is 27.9 Å². The number of phosphoric acid groups is 1. The van der Waals surface area contributed by atoms with E-state index in [4.69, 9.17) is 24.3 Å². The fraction of sp³-hybridized carbons (Fsp3) is 0.848. The third-order valence-electron chi connectivity index (χ3n) is 9.82. The molecule has 3 N–H and O–H groups in total. The van der Waals surface area contributed by atoms with Crippen molar-refractivity contribution in [2.75, 3.05) is 33.0 Å². The molecule has 9 heteroatoms. The third-order valence-corrected chi connectivity index (χ3v) is 10.8. The Morgan fingerprint density at radius 1 is 0.564 bits per heavy atom. The van der Waals surface area contributed by atoms with Gasteiger partial charge in [0.05, 0.1) is 19.8 Å². The maximum Gasteiger partial charge on any atom is 0.472 e. The molecule has 0 fully saturated rings. The van der Waals surface area contributed by atoms with Crippen molar-refractivity contribution in [3.05, 3.63) is 36.5 Å². The van der Waals surface area contributed by atoms with Crippen molar-refractivity contribution in [3.63, 3.8) is 0 Å². The number of esters is 1. The lowest BCUT2D eigenvalue weighted by molar-refractivity contribution is -0.154. The standard InChI is InChI=1S/C46H88NO7P/c1-3-5-7-9-11-13-15-17-18-19-20-21-22-23-24-25-26-28-30-32-34-36-38-41-51-43-45(44-53-55(49,50)52-42-40-47)54-46(48)39-37-35-33-31-29-27-16-14-12-10-8-6-4-2/h6,8,12,14,27,29,45H,3-5,7,9-11,13,15-26,28,30-44,47H2,1-2H3,(H,49,50)/b8-6-,14-12-,29-27-. The number of hydrogen-bond acceptors (Lipinski definition) is 7. The lowest BCUT2D eigenvalue weighted by Gasteiger charge is -2.20. The SMILES string of the molecule is CC/C=C\C/C=C\C/C=C\CCCCCC(=O)OC(COCCCCCCCCCCCCCCCCCCCCCCCCC)COP(=O)(O)OCCN. The van der Waals surface area contributed by atoms with Gasteiger partial charge >= 0.3 is 13.8 Å². The Hall–Kier alpha value is -1.28. The summed E-state index contributed by atoms with van der Waals surface area (Å²) in [7, 11) is -4.28. The topological polar surface area (TPSA) is 117 Å². The first-order valence-corrected chi connectivity index (χ1v) is 24.5. The number of hydrogen-bond donors (Lipinski definition) is 2. The molecule has 0 amide bonds. The van der Waals surface area contributed by atoms with Gasteiger partial charge in [0.25, 0.3) is 0 Å². The molecule has 0 aromatic carbocycles. The van der Waals surface area contributed by atoms with Gasteiger partial charge in [-0.25, -0.2) is 4.57 Å². The van der Waals surface area contributed by atoms with Gasteiger partial charge in [0.15, 0.2) is 0 Å². The first-order chi connectivity index (χ1) is 26.9. The molecule has 0 rings (SSSR count). The van der Waals surface area contributed by atoms with Crippen LogP contribution in [0.15, 0.2) is 36.5 Å². The van der Waals surface area contributed by atoms with E-state index < -0.39 is 13.9 Å². The molecule has 0 aromatic heterocycles. The normalized spacial score (nSPS) is 13.7. The smallest absolute Gasteiger partial charge is 0.457 e. The monoisotopic (exact) mass is 798 g/mol. The van der Waals surface area contributed by atoms with Crippen LogP contribution in [0.25, 0.3) is 0 Å². The van der Waals surface area contributed by atoms with Crippen LogP contribution in [0.1, 0.15) is 213 Å². The highest BCUT2D eigenvalue weighted by Crippen LogP contribution is 2.43. The number of nitrogens with two attached hydrogens (primary N) is 1. The molecule has 55 heavy (non-hydrogen) atoms. The first-order valence-electron chi connectivity index (χ1n) is 23.0. The van der Waals surface area contributed by atoms with Crippen LogP contribution in [-0.4, -0.2) is 49.9 Å². The second-order valence-corrected chi connectivity index (χ2v) is 16.7. The molecule has 0 saturated heterocycles. The zero-order valence-electron chi connectivity index (χ0n) is 35.9. The summed E-state index contributed by atoms with van der Waals surface area (Å²) in [6.45, 7) is 4.80. The first kappa shape index (κ1) is 53.7. The summed E-state index contributed by atoms with van der Waals surface area (Å²) in [5.74, 6) is -0.356. The largest absolute Gasteiger partial charge is 0.472 e. The summed E-state index contributed by atoms with van der Waals surface area (Å²) in [5.41, 5.74) is 5.37. The molecular formula is C46H88NO7P. The number of ether oxygens (including phenoxy) is 2. The lowest BCUT2D eigenvalue weighted by atomic mass is 10.0. The van der Waals surface area contributed by atoms with E-state index in [0.29, 0.717) is 6.61 Å². The number of unbranched alkanes of at least 4 members (excludes halogenated alkanes) is 25. The van der Waals surface area contributed by atoms with Gasteiger partial charge in [-0.3, -0.25) is 13.8 Å². The highest BCUT2D eigenvalue weighted by atomic mass is 31.2. The lowest BCUT2D eigenvalue weighted by Crippen LogP contribution is -2.28. The Kier molecular flexibility index (Phi) is 42.8. The highest BCUT2D eigenvalue weighted by molar-refractivity contribution is 7.47. The molecule has 0 bridgehead atoms. The van der Waals surface area contributed by atoms with E-state index in [1.807, 2.05) is 0 Å². The summed E-state index contributed by atoms with van der Waals surface area (Å²) in [6, 6.07) is 0. The molecule has 0 aliphatic heterocycles. The van der Waals surface area contributed by atoms with Gasteiger partial charge in [-0.2, -0.15) is 0 Å². The second-order valence-electron chi connectivity index (χ2n) is 15.2. The minimum Gasteiger partial charge on any atom is -0.457 e. The van der Waals surface area contributed by atoms with Crippen molar-refractivity contribution in [1.29, 1.82) is 0 Å². The van der Waals surface area contributed by atoms with Crippen LogP contribution in [0.3, 0.4) is 0 Å². The molecule has 8 nitrogen and oxygen atoms in total. The number of allylic oxidation sites excluding steroid dienone is 6. The van der Waals surface area contributed by atoms with E-state index >= 15 is 0 Å². The number of phosphoric ester groups is 1. The van der Waals surface area contributed by atoms with Gasteiger partial charge in [0.1, 0.15) is 6.10 Å². The molecule has 0 heterocycles. The average molecular weight is 798 g/mol. The summed E-state index contributed by atoms with van der Waals surface area (Å²) < 4.78 is 33.4. The summed E-state index contributed by atoms with van der Waals surface area (Å²) >= 11 is 0. The Morgan fingerprint density at radius 3 is 1.51 bits per heavy atom. The van der Waals surface area contributed by atoms with Gasteiger partial charge in [0, 0.05) is 19.6 Å². The predicted molar refractivity (Wildman–Crippen MR) is 233 cm³/mol. The van der Waals surface area contributed by atoms with E-state index in [1.54, 1.807) is 0 Å². The Bertz CT molecular complexity index is 941. The van der Waals surface area contributed by atoms with E-state index in [9.17, 15) is 14.3 Å². The molecule has 0 aliphatic carbocycles. The van der Waals surface area contributed by atoms with Crippen LogP contribution in [0.4, 0.5) is 0 Å². The van der Waals surface area contributed by atoms with Crippen molar-refractivity contribution < 1.29 is 32.8 Å². The van der Waals surface area contributed by atoms with Crippen LogP contribution >= 0.6 is 7.82 Å². The number of carbonyl (C=O) groups is 1. The molecule has 2 atom stereocenters. The van der Waals surface area contributed by atoms with Crippen LogP contribution < -0.4 is 5.73 Å². The summed E-state index contributed by atoms with van der Waals surface area (Å²) in [5, 5.41) is 0.